The molecule has 0 saturated carbocycles. The Hall–Kier alpha value is -2.78. The molecule has 8 nitrogen and oxygen atoms in total. The van der Waals surface area contributed by atoms with Crippen LogP contribution in [0.15, 0.2) is 48.5 Å². The molecule has 2 atom stereocenters. The summed E-state index contributed by atoms with van der Waals surface area (Å²) in [6.07, 6.45) is 2.21. The number of sulfonamides is 1. The van der Waals surface area contributed by atoms with E-state index in [1.165, 1.54) is 16.3 Å². The molecule has 1 N–H and O–H groups in total. The highest BCUT2D eigenvalue weighted by Gasteiger charge is 2.27. The van der Waals surface area contributed by atoms with Gasteiger partial charge in [-0.25, -0.2) is 8.42 Å². The molecule has 0 fully saturated rings. The summed E-state index contributed by atoms with van der Waals surface area (Å²) < 4.78 is 31.4. The second-order valence-corrected chi connectivity index (χ2v) is 11.1. The zero-order valence-corrected chi connectivity index (χ0v) is 23.1. The SMILES string of the molecule is CC[C@@H](C)NC(=O)[C@H](C)N(Cc1ccccc1Cl)C(=O)CCCN(c1cccc(OC)c1)S(C)(=O)=O. The largest absolute Gasteiger partial charge is 0.497 e. The van der Waals surface area contributed by atoms with Crippen molar-refractivity contribution >= 4 is 39.1 Å². The lowest BCUT2D eigenvalue weighted by Gasteiger charge is -2.30. The van der Waals surface area contributed by atoms with Crippen LogP contribution in [0.5, 0.6) is 5.75 Å². The molecule has 2 rings (SSSR count). The Morgan fingerprint density at radius 3 is 2.42 bits per heavy atom. The number of benzene rings is 2. The number of carbonyl (C=O) groups is 2. The average molecular weight is 538 g/mol. The molecule has 0 saturated heterocycles. The fraction of sp³-hybridized carbons (Fsp3) is 0.462. The molecule has 36 heavy (non-hydrogen) atoms. The third-order valence-electron chi connectivity index (χ3n) is 5.96. The Kier molecular flexibility index (Phi) is 11.0. The Balaban J connectivity index is 2.19. The van der Waals surface area contributed by atoms with E-state index in [9.17, 15) is 18.0 Å². The van der Waals surface area contributed by atoms with E-state index < -0.39 is 16.1 Å². The van der Waals surface area contributed by atoms with Gasteiger partial charge >= 0.3 is 0 Å². The topological polar surface area (TPSA) is 96.0 Å². The Morgan fingerprint density at radius 1 is 1.11 bits per heavy atom. The fourth-order valence-corrected chi connectivity index (χ4v) is 4.78. The smallest absolute Gasteiger partial charge is 0.242 e. The summed E-state index contributed by atoms with van der Waals surface area (Å²) in [5, 5.41) is 3.43. The van der Waals surface area contributed by atoms with Crippen LogP contribution in [-0.2, 0) is 26.2 Å². The minimum absolute atomic E-state index is 0.0246. The Morgan fingerprint density at radius 2 is 1.81 bits per heavy atom. The van der Waals surface area contributed by atoms with Gasteiger partial charge in [0.2, 0.25) is 21.8 Å². The van der Waals surface area contributed by atoms with E-state index in [1.54, 1.807) is 43.3 Å². The van der Waals surface area contributed by atoms with E-state index in [2.05, 4.69) is 5.32 Å². The van der Waals surface area contributed by atoms with Crippen LogP contribution in [0.2, 0.25) is 5.02 Å². The zero-order chi connectivity index (χ0) is 26.9. The van der Waals surface area contributed by atoms with Gasteiger partial charge in [0, 0.05) is 36.6 Å². The fourth-order valence-electron chi connectivity index (χ4n) is 3.63. The average Bonchev–Trinajstić information content (AvgIpc) is 2.84. The van der Waals surface area contributed by atoms with Gasteiger partial charge in [-0.2, -0.15) is 0 Å². The van der Waals surface area contributed by atoms with Crippen molar-refractivity contribution in [3.8, 4) is 5.75 Å². The standard InChI is InChI=1S/C26H36ClN3O5S/c1-6-19(2)28-26(32)20(3)29(18-21-11-7-8-14-24(21)27)25(31)15-10-16-30(36(5,33)34)22-12-9-13-23(17-22)35-4/h7-9,11-14,17,19-20H,6,10,15-16,18H2,1-5H3,(H,28,32)/t19-,20+/m1/s1. The summed E-state index contributed by atoms with van der Waals surface area (Å²) in [5.41, 5.74) is 1.18. The van der Waals surface area contributed by atoms with E-state index in [0.29, 0.717) is 16.5 Å². The van der Waals surface area contributed by atoms with Gasteiger partial charge in [-0.15, -0.1) is 0 Å². The summed E-state index contributed by atoms with van der Waals surface area (Å²) in [7, 11) is -2.08. The van der Waals surface area contributed by atoms with Crippen LogP contribution in [-0.4, -0.2) is 57.1 Å². The number of ether oxygens (including phenoxy) is 1. The lowest BCUT2D eigenvalue weighted by molar-refractivity contribution is -0.140. The van der Waals surface area contributed by atoms with Crippen LogP contribution in [0.25, 0.3) is 0 Å². The minimum atomic E-state index is -3.59. The van der Waals surface area contributed by atoms with Crippen LogP contribution < -0.4 is 14.4 Å². The maximum Gasteiger partial charge on any atom is 0.242 e. The molecule has 0 aliphatic carbocycles. The number of halogens is 1. The number of hydrogen-bond acceptors (Lipinski definition) is 5. The number of hydrogen-bond donors (Lipinski definition) is 1. The van der Waals surface area contributed by atoms with Gasteiger partial charge in [-0.1, -0.05) is 42.8 Å². The number of anilines is 1. The van der Waals surface area contributed by atoms with Crippen LogP contribution in [0.3, 0.4) is 0 Å². The van der Waals surface area contributed by atoms with Crippen LogP contribution in [0, 0.1) is 0 Å². The van der Waals surface area contributed by atoms with Crippen molar-refractivity contribution in [1.29, 1.82) is 0 Å². The molecule has 2 aromatic rings. The van der Waals surface area contributed by atoms with Gasteiger partial charge < -0.3 is 15.0 Å². The number of nitrogens with zero attached hydrogens (tertiary/aromatic N) is 2. The van der Waals surface area contributed by atoms with Crippen LogP contribution in [0.1, 0.15) is 45.6 Å². The van der Waals surface area contributed by atoms with E-state index in [1.807, 2.05) is 26.0 Å². The van der Waals surface area contributed by atoms with Crippen LogP contribution >= 0.6 is 11.6 Å². The van der Waals surface area contributed by atoms with Gasteiger partial charge in [0.05, 0.1) is 19.1 Å². The molecule has 2 aromatic carbocycles. The van der Waals surface area contributed by atoms with Gasteiger partial charge in [-0.05, 0) is 50.5 Å². The molecular weight excluding hydrogens is 502 g/mol. The molecule has 0 aliphatic rings. The van der Waals surface area contributed by atoms with Crippen molar-refractivity contribution in [2.75, 3.05) is 24.2 Å². The lowest BCUT2D eigenvalue weighted by atomic mass is 10.1. The van der Waals surface area contributed by atoms with Crippen molar-refractivity contribution in [2.45, 2.75) is 58.7 Å². The second kappa shape index (κ2) is 13.5. The van der Waals surface area contributed by atoms with Crippen LogP contribution in [0.4, 0.5) is 5.69 Å². The monoisotopic (exact) mass is 537 g/mol. The first-order valence-electron chi connectivity index (χ1n) is 11.9. The molecule has 0 aliphatic heterocycles. The zero-order valence-electron chi connectivity index (χ0n) is 21.5. The summed E-state index contributed by atoms with van der Waals surface area (Å²) in [6.45, 7) is 5.83. The van der Waals surface area contributed by atoms with E-state index >= 15 is 0 Å². The van der Waals surface area contributed by atoms with Gasteiger partial charge in [0.1, 0.15) is 11.8 Å². The predicted octanol–water partition coefficient (Wildman–Crippen LogP) is 4.23. The third kappa shape index (κ3) is 8.41. The van der Waals surface area contributed by atoms with E-state index in [0.717, 1.165) is 18.2 Å². The number of amides is 2. The number of rotatable bonds is 13. The van der Waals surface area contributed by atoms with Crippen molar-refractivity contribution in [1.82, 2.24) is 10.2 Å². The van der Waals surface area contributed by atoms with Gasteiger partial charge in [0.25, 0.3) is 0 Å². The first kappa shape index (κ1) is 29.5. The molecule has 0 unspecified atom stereocenters. The van der Waals surface area contributed by atoms with E-state index in [-0.39, 0.29) is 43.8 Å². The number of nitrogens with one attached hydrogen (secondary N) is 1. The van der Waals surface area contributed by atoms with Crippen molar-refractivity contribution in [3.63, 3.8) is 0 Å². The summed E-state index contributed by atoms with van der Waals surface area (Å²) >= 11 is 6.33. The summed E-state index contributed by atoms with van der Waals surface area (Å²) in [5.74, 6) is 0.0176. The normalized spacial score (nSPS) is 12.9. The van der Waals surface area contributed by atoms with Gasteiger partial charge in [0.15, 0.2) is 0 Å². The molecule has 0 spiro atoms. The van der Waals surface area contributed by atoms with Gasteiger partial charge in [-0.3, -0.25) is 13.9 Å². The highest BCUT2D eigenvalue weighted by atomic mass is 35.5. The summed E-state index contributed by atoms with van der Waals surface area (Å²) in [4.78, 5) is 27.7. The molecular formula is C26H36ClN3O5S. The first-order chi connectivity index (χ1) is 17.0. The maximum absolute atomic E-state index is 13.3. The Bertz CT molecular complexity index is 1140. The molecule has 0 bridgehead atoms. The molecule has 10 heteroatoms. The molecule has 0 radical (unpaired) electrons. The minimum Gasteiger partial charge on any atom is -0.497 e. The lowest BCUT2D eigenvalue weighted by Crippen LogP contribution is -2.49. The predicted molar refractivity (Wildman–Crippen MR) is 144 cm³/mol. The van der Waals surface area contributed by atoms with Crippen molar-refractivity contribution in [3.05, 3.63) is 59.1 Å². The Labute approximate surface area is 219 Å². The molecule has 198 valence electrons. The molecule has 2 amide bonds. The quantitative estimate of drug-likeness (QED) is 0.412. The van der Waals surface area contributed by atoms with E-state index in [4.69, 9.17) is 16.3 Å². The first-order valence-corrected chi connectivity index (χ1v) is 14.2. The van der Waals surface area contributed by atoms with Crippen molar-refractivity contribution < 1.29 is 22.7 Å². The third-order valence-corrected chi connectivity index (χ3v) is 7.52. The maximum atomic E-state index is 13.3. The number of methoxy groups -OCH3 is 1. The molecule has 0 heterocycles. The van der Waals surface area contributed by atoms with Crippen molar-refractivity contribution in [2.24, 2.45) is 0 Å². The summed E-state index contributed by atoms with van der Waals surface area (Å²) in [6, 6.07) is 13.2. The number of carbonyl (C=O) groups excluding carboxylic acids is 2. The molecule has 0 aromatic heterocycles. The highest BCUT2D eigenvalue weighted by Crippen LogP contribution is 2.24. The second-order valence-electron chi connectivity index (χ2n) is 8.75. The highest BCUT2D eigenvalue weighted by molar-refractivity contribution is 7.92.